The number of rotatable bonds is 4. The van der Waals surface area contributed by atoms with Crippen molar-refractivity contribution in [1.29, 1.82) is 0 Å². The summed E-state index contributed by atoms with van der Waals surface area (Å²) in [5, 5.41) is 0.175. The summed E-state index contributed by atoms with van der Waals surface area (Å²) < 4.78 is 14.1. The van der Waals surface area contributed by atoms with Gasteiger partial charge in [-0.05, 0) is 43.9 Å². The third kappa shape index (κ3) is 3.97. The Morgan fingerprint density at radius 2 is 2.21 bits per heavy atom. The quantitative estimate of drug-likeness (QED) is 0.710. The Balaban J connectivity index is 2.51. The molecule has 0 radical (unpaired) electrons. The Morgan fingerprint density at radius 1 is 1.50 bits per heavy atom. The van der Waals surface area contributed by atoms with Gasteiger partial charge in [0.2, 0.25) is 0 Å². The zero-order chi connectivity index (χ0) is 10.6. The molecule has 0 spiro atoms. The molecule has 0 amide bonds. The predicted molar refractivity (Wildman–Crippen MR) is 62.4 cm³/mol. The molecule has 3 heteroatoms. The van der Waals surface area contributed by atoms with Gasteiger partial charge in [-0.3, -0.25) is 0 Å². The van der Waals surface area contributed by atoms with Crippen LogP contribution in [-0.4, -0.2) is 5.38 Å². The molecule has 78 valence electrons. The van der Waals surface area contributed by atoms with Gasteiger partial charge < -0.3 is 0 Å². The Bertz CT molecular complexity index is 299. The molecule has 0 heterocycles. The van der Waals surface area contributed by atoms with Crippen LogP contribution in [0.4, 0.5) is 4.39 Å². The van der Waals surface area contributed by atoms with Gasteiger partial charge in [-0.2, -0.15) is 0 Å². The maximum Gasteiger partial charge on any atom is 0.127 e. The topological polar surface area (TPSA) is 0 Å². The molecule has 0 saturated carbocycles. The van der Waals surface area contributed by atoms with Crippen molar-refractivity contribution in [2.24, 2.45) is 0 Å². The SMILES string of the molecule is CC(Cl)CCCc1ccc(Br)cc1F. The first kappa shape index (κ1) is 12.0. The monoisotopic (exact) mass is 278 g/mol. The molecule has 0 bridgehead atoms. The lowest BCUT2D eigenvalue weighted by Gasteiger charge is -2.04. The minimum absolute atomic E-state index is 0.137. The van der Waals surface area contributed by atoms with Crippen LogP contribution < -0.4 is 0 Å². The van der Waals surface area contributed by atoms with E-state index in [1.165, 1.54) is 6.07 Å². The first-order valence-electron chi connectivity index (χ1n) is 4.67. The van der Waals surface area contributed by atoms with Crippen molar-refractivity contribution in [3.8, 4) is 0 Å². The van der Waals surface area contributed by atoms with Crippen LogP contribution in [0.2, 0.25) is 0 Å². The fraction of sp³-hybridized carbons (Fsp3) is 0.455. The number of alkyl halides is 1. The average Bonchev–Trinajstić information content (AvgIpc) is 2.08. The van der Waals surface area contributed by atoms with E-state index >= 15 is 0 Å². The lowest BCUT2D eigenvalue weighted by atomic mass is 10.1. The average molecular weight is 280 g/mol. The molecule has 1 aromatic carbocycles. The Kier molecular flexibility index (Phi) is 4.90. The van der Waals surface area contributed by atoms with E-state index in [1.54, 1.807) is 0 Å². The Hall–Kier alpha value is -0.0800. The highest BCUT2D eigenvalue weighted by Crippen LogP contribution is 2.17. The number of benzene rings is 1. The van der Waals surface area contributed by atoms with Crippen molar-refractivity contribution < 1.29 is 4.39 Å². The van der Waals surface area contributed by atoms with Crippen LogP contribution in [0.3, 0.4) is 0 Å². The summed E-state index contributed by atoms with van der Waals surface area (Å²) in [4.78, 5) is 0. The van der Waals surface area contributed by atoms with Crippen molar-refractivity contribution in [1.82, 2.24) is 0 Å². The van der Waals surface area contributed by atoms with E-state index in [0.717, 1.165) is 29.3 Å². The summed E-state index contributed by atoms with van der Waals surface area (Å²) >= 11 is 9.03. The van der Waals surface area contributed by atoms with Gasteiger partial charge in [0.25, 0.3) is 0 Å². The molecular formula is C11H13BrClF. The second-order valence-corrected chi connectivity index (χ2v) is 5.07. The van der Waals surface area contributed by atoms with Crippen molar-refractivity contribution in [3.05, 3.63) is 34.1 Å². The molecule has 1 rings (SSSR count). The van der Waals surface area contributed by atoms with E-state index in [-0.39, 0.29) is 11.2 Å². The Labute approximate surface area is 97.6 Å². The molecule has 0 N–H and O–H groups in total. The third-order valence-corrected chi connectivity index (χ3v) is 2.77. The fourth-order valence-electron chi connectivity index (χ4n) is 1.30. The second-order valence-electron chi connectivity index (χ2n) is 3.41. The largest absolute Gasteiger partial charge is 0.207 e. The molecule has 0 nitrogen and oxygen atoms in total. The van der Waals surface area contributed by atoms with Crippen molar-refractivity contribution >= 4 is 27.5 Å². The molecular weight excluding hydrogens is 266 g/mol. The summed E-state index contributed by atoms with van der Waals surface area (Å²) in [6.07, 6.45) is 2.62. The van der Waals surface area contributed by atoms with Gasteiger partial charge in [0.05, 0.1) is 0 Å². The molecule has 1 atom stereocenters. The van der Waals surface area contributed by atoms with E-state index in [9.17, 15) is 4.39 Å². The molecule has 0 aliphatic rings. The molecule has 0 aliphatic carbocycles. The van der Waals surface area contributed by atoms with E-state index in [4.69, 9.17) is 11.6 Å². The third-order valence-electron chi connectivity index (χ3n) is 2.06. The van der Waals surface area contributed by atoms with Crippen LogP contribution in [0.15, 0.2) is 22.7 Å². The van der Waals surface area contributed by atoms with Crippen LogP contribution in [-0.2, 0) is 6.42 Å². The lowest BCUT2D eigenvalue weighted by Crippen LogP contribution is -1.95. The minimum atomic E-state index is -0.137. The first-order valence-corrected chi connectivity index (χ1v) is 5.90. The molecule has 1 aromatic rings. The second kappa shape index (κ2) is 5.72. The smallest absolute Gasteiger partial charge is 0.127 e. The van der Waals surface area contributed by atoms with E-state index in [2.05, 4.69) is 15.9 Å². The number of hydrogen-bond donors (Lipinski definition) is 0. The standard InChI is InChI=1S/C11H13BrClF/c1-8(13)3-2-4-9-5-6-10(12)7-11(9)14/h5-8H,2-4H2,1H3. The van der Waals surface area contributed by atoms with Gasteiger partial charge in [-0.15, -0.1) is 11.6 Å². The number of hydrogen-bond acceptors (Lipinski definition) is 0. The fourth-order valence-corrected chi connectivity index (χ4v) is 1.79. The minimum Gasteiger partial charge on any atom is -0.207 e. The first-order chi connectivity index (χ1) is 6.59. The highest BCUT2D eigenvalue weighted by Gasteiger charge is 2.03. The zero-order valence-electron chi connectivity index (χ0n) is 8.06. The van der Waals surface area contributed by atoms with Gasteiger partial charge in [0, 0.05) is 9.85 Å². The van der Waals surface area contributed by atoms with Gasteiger partial charge in [0.1, 0.15) is 5.82 Å². The number of halogens is 3. The molecule has 0 saturated heterocycles. The molecule has 0 aliphatic heterocycles. The molecule has 0 fully saturated rings. The van der Waals surface area contributed by atoms with E-state index in [0.29, 0.717) is 0 Å². The van der Waals surface area contributed by atoms with Crippen molar-refractivity contribution in [2.75, 3.05) is 0 Å². The lowest BCUT2D eigenvalue weighted by molar-refractivity contribution is 0.598. The molecule has 1 unspecified atom stereocenters. The molecule has 0 aromatic heterocycles. The maximum absolute atomic E-state index is 13.3. The summed E-state index contributed by atoms with van der Waals surface area (Å²) in [5.41, 5.74) is 0.769. The van der Waals surface area contributed by atoms with Gasteiger partial charge in [-0.25, -0.2) is 4.39 Å². The number of aryl methyl sites for hydroxylation is 1. The van der Waals surface area contributed by atoms with Crippen LogP contribution in [0.1, 0.15) is 25.3 Å². The van der Waals surface area contributed by atoms with Crippen molar-refractivity contribution in [3.63, 3.8) is 0 Å². The summed E-state index contributed by atoms with van der Waals surface area (Å²) in [6, 6.07) is 5.18. The van der Waals surface area contributed by atoms with Gasteiger partial charge in [0.15, 0.2) is 0 Å². The van der Waals surface area contributed by atoms with Crippen molar-refractivity contribution in [2.45, 2.75) is 31.6 Å². The van der Waals surface area contributed by atoms with Crippen LogP contribution in [0, 0.1) is 5.82 Å². The van der Waals surface area contributed by atoms with Gasteiger partial charge >= 0.3 is 0 Å². The van der Waals surface area contributed by atoms with Crippen LogP contribution >= 0.6 is 27.5 Å². The highest BCUT2D eigenvalue weighted by atomic mass is 79.9. The maximum atomic E-state index is 13.3. The van der Waals surface area contributed by atoms with Gasteiger partial charge in [-0.1, -0.05) is 22.0 Å². The summed E-state index contributed by atoms with van der Waals surface area (Å²) in [6.45, 7) is 1.96. The van der Waals surface area contributed by atoms with Crippen LogP contribution in [0.5, 0.6) is 0 Å². The summed E-state index contributed by atoms with van der Waals surface area (Å²) in [5.74, 6) is -0.137. The Morgan fingerprint density at radius 3 is 2.79 bits per heavy atom. The summed E-state index contributed by atoms with van der Waals surface area (Å²) in [7, 11) is 0. The zero-order valence-corrected chi connectivity index (χ0v) is 10.4. The van der Waals surface area contributed by atoms with E-state index < -0.39 is 0 Å². The predicted octanol–water partition coefficient (Wildman–Crippen LogP) is 4.54. The highest BCUT2D eigenvalue weighted by molar-refractivity contribution is 9.10. The molecule has 14 heavy (non-hydrogen) atoms. The normalized spacial score (nSPS) is 12.9. The van der Waals surface area contributed by atoms with E-state index in [1.807, 2.05) is 19.1 Å². The van der Waals surface area contributed by atoms with Crippen LogP contribution in [0.25, 0.3) is 0 Å².